The number of rotatable bonds is 3. The van der Waals surface area contributed by atoms with Gasteiger partial charge in [0.15, 0.2) is 0 Å². The second-order valence-corrected chi connectivity index (χ2v) is 3.40. The van der Waals surface area contributed by atoms with Crippen LogP contribution in [0.2, 0.25) is 0 Å². The first kappa shape index (κ1) is 10.5. The summed E-state index contributed by atoms with van der Waals surface area (Å²) in [6.45, 7) is 4.05. The van der Waals surface area contributed by atoms with E-state index in [9.17, 15) is 0 Å². The highest BCUT2D eigenvalue weighted by atomic mass is 14.3. The van der Waals surface area contributed by atoms with Crippen LogP contribution >= 0.6 is 0 Å². The fourth-order valence-corrected chi connectivity index (χ4v) is 1.57. The summed E-state index contributed by atoms with van der Waals surface area (Å²) < 4.78 is 0. The van der Waals surface area contributed by atoms with Gasteiger partial charge >= 0.3 is 0 Å². The number of benzene rings is 1. The Balaban J connectivity index is 2.89. The van der Waals surface area contributed by atoms with E-state index in [1.165, 1.54) is 0 Å². The molecule has 1 nitrogen and oxygen atoms in total. The van der Waals surface area contributed by atoms with E-state index < -0.39 is 0 Å². The lowest BCUT2D eigenvalue weighted by Crippen LogP contribution is -2.04. The third kappa shape index (κ3) is 2.47. The van der Waals surface area contributed by atoms with Crippen molar-refractivity contribution in [3.63, 3.8) is 0 Å². The van der Waals surface area contributed by atoms with Crippen molar-refractivity contribution in [2.75, 3.05) is 0 Å². The molecule has 0 amide bonds. The predicted molar refractivity (Wildman–Crippen MR) is 58.8 cm³/mol. The Hall–Kier alpha value is -1.55. The second kappa shape index (κ2) is 5.24. The van der Waals surface area contributed by atoms with E-state index in [1.54, 1.807) is 0 Å². The van der Waals surface area contributed by atoms with Gasteiger partial charge in [0.2, 0.25) is 0 Å². The van der Waals surface area contributed by atoms with Gasteiger partial charge in [-0.25, -0.2) is 0 Å². The van der Waals surface area contributed by atoms with E-state index in [0.29, 0.717) is 0 Å². The predicted octanol–water partition coefficient (Wildman–Crippen LogP) is 3.51. The van der Waals surface area contributed by atoms with Gasteiger partial charge in [-0.2, -0.15) is 5.26 Å². The number of allylic oxidation sites excluding steroid dienone is 2. The van der Waals surface area contributed by atoms with E-state index in [2.05, 4.69) is 19.1 Å². The molecule has 0 spiro atoms. The van der Waals surface area contributed by atoms with Gasteiger partial charge in [-0.05, 0) is 18.4 Å². The smallest absolute Gasteiger partial charge is 0.0772 e. The summed E-state index contributed by atoms with van der Waals surface area (Å²) in [6, 6.07) is 12.3. The van der Waals surface area contributed by atoms with Crippen LogP contribution in [0.1, 0.15) is 25.3 Å². The lowest BCUT2D eigenvalue weighted by atomic mass is 9.88. The molecule has 0 bridgehead atoms. The first-order valence-corrected chi connectivity index (χ1v) is 4.87. The average Bonchev–Trinajstić information content (AvgIpc) is 2.21. The maximum atomic E-state index is 9.09. The Morgan fingerprint density at radius 2 is 1.93 bits per heavy atom. The molecular formula is C13H15N. The molecule has 0 saturated heterocycles. The maximum absolute atomic E-state index is 9.09. The summed E-state index contributed by atoms with van der Waals surface area (Å²) in [5, 5.41) is 9.09. The molecule has 0 aliphatic rings. The molecule has 0 unspecified atom stereocenters. The fraction of sp³-hybridized carbons (Fsp3) is 0.308. The van der Waals surface area contributed by atoms with Crippen LogP contribution in [-0.2, 0) is 0 Å². The number of hydrogen-bond donors (Lipinski definition) is 0. The number of nitrogens with zero attached hydrogens (tertiary/aromatic N) is 1. The molecule has 0 aliphatic heterocycles. The van der Waals surface area contributed by atoms with Crippen molar-refractivity contribution in [2.24, 2.45) is 5.92 Å². The lowest BCUT2D eigenvalue weighted by molar-refractivity contribution is 0.651. The van der Waals surface area contributed by atoms with E-state index in [-0.39, 0.29) is 11.8 Å². The van der Waals surface area contributed by atoms with Crippen LogP contribution in [-0.4, -0.2) is 0 Å². The van der Waals surface area contributed by atoms with Gasteiger partial charge in [0.05, 0.1) is 12.0 Å². The van der Waals surface area contributed by atoms with Crippen LogP contribution in [0.15, 0.2) is 42.5 Å². The molecule has 1 aromatic rings. The maximum Gasteiger partial charge on any atom is 0.0772 e. The van der Waals surface area contributed by atoms with Gasteiger partial charge in [-0.15, -0.1) is 0 Å². The highest BCUT2D eigenvalue weighted by Crippen LogP contribution is 2.24. The van der Waals surface area contributed by atoms with Crippen molar-refractivity contribution in [2.45, 2.75) is 19.8 Å². The minimum Gasteiger partial charge on any atom is -0.198 e. The quantitative estimate of drug-likeness (QED) is 0.661. The lowest BCUT2D eigenvalue weighted by Gasteiger charge is -2.13. The second-order valence-electron chi connectivity index (χ2n) is 3.40. The topological polar surface area (TPSA) is 23.8 Å². The first-order valence-electron chi connectivity index (χ1n) is 4.87. The Morgan fingerprint density at radius 3 is 2.43 bits per heavy atom. The van der Waals surface area contributed by atoms with E-state index in [0.717, 1.165) is 5.56 Å². The molecule has 0 aromatic heterocycles. The molecular weight excluding hydrogens is 170 g/mol. The molecule has 0 radical (unpaired) electrons. The van der Waals surface area contributed by atoms with Crippen LogP contribution in [0.5, 0.6) is 0 Å². The Kier molecular flexibility index (Phi) is 3.94. The number of nitriles is 1. The average molecular weight is 185 g/mol. The summed E-state index contributed by atoms with van der Waals surface area (Å²) in [6.07, 6.45) is 4.07. The van der Waals surface area contributed by atoms with Crippen molar-refractivity contribution in [3.05, 3.63) is 48.0 Å². The molecule has 1 heteroatoms. The van der Waals surface area contributed by atoms with Crippen molar-refractivity contribution < 1.29 is 0 Å². The minimum atomic E-state index is -0.0348. The summed E-state index contributed by atoms with van der Waals surface area (Å²) >= 11 is 0. The Labute approximate surface area is 85.7 Å². The fourth-order valence-electron chi connectivity index (χ4n) is 1.57. The standard InChI is InChI=1S/C13H15N/c1-3-7-11(2)13(10-14)12-8-5-4-6-9-12/h3-9,11,13H,1-2H3/b7-3+/t11-,13-/m1/s1. The van der Waals surface area contributed by atoms with Crippen LogP contribution in [0.4, 0.5) is 0 Å². The number of hydrogen-bond acceptors (Lipinski definition) is 1. The largest absolute Gasteiger partial charge is 0.198 e. The molecule has 1 rings (SSSR count). The molecule has 0 N–H and O–H groups in total. The zero-order chi connectivity index (χ0) is 10.4. The van der Waals surface area contributed by atoms with Crippen LogP contribution in [0.3, 0.4) is 0 Å². The normalized spacial score (nSPS) is 14.9. The van der Waals surface area contributed by atoms with E-state index in [4.69, 9.17) is 5.26 Å². The van der Waals surface area contributed by atoms with Crippen LogP contribution < -0.4 is 0 Å². The minimum absolute atomic E-state index is 0.0348. The van der Waals surface area contributed by atoms with Crippen molar-refractivity contribution in [1.82, 2.24) is 0 Å². The molecule has 0 heterocycles. The van der Waals surface area contributed by atoms with Crippen molar-refractivity contribution in [1.29, 1.82) is 5.26 Å². The summed E-state index contributed by atoms with van der Waals surface area (Å²) in [4.78, 5) is 0. The Bertz CT molecular complexity index is 332. The van der Waals surface area contributed by atoms with Crippen LogP contribution in [0.25, 0.3) is 0 Å². The zero-order valence-corrected chi connectivity index (χ0v) is 8.64. The molecule has 1 aromatic carbocycles. The third-order valence-corrected chi connectivity index (χ3v) is 2.32. The van der Waals surface area contributed by atoms with Gasteiger partial charge in [0.1, 0.15) is 0 Å². The molecule has 14 heavy (non-hydrogen) atoms. The summed E-state index contributed by atoms with van der Waals surface area (Å²) in [5.41, 5.74) is 1.10. The Morgan fingerprint density at radius 1 is 1.29 bits per heavy atom. The van der Waals surface area contributed by atoms with Gasteiger partial charge in [0, 0.05) is 0 Å². The zero-order valence-electron chi connectivity index (χ0n) is 8.64. The van der Waals surface area contributed by atoms with Gasteiger partial charge in [-0.1, -0.05) is 49.4 Å². The van der Waals surface area contributed by atoms with Crippen molar-refractivity contribution >= 4 is 0 Å². The summed E-state index contributed by atoms with van der Waals surface area (Å²) in [5.74, 6) is 0.236. The van der Waals surface area contributed by atoms with Gasteiger partial charge in [0.25, 0.3) is 0 Å². The highest BCUT2D eigenvalue weighted by Gasteiger charge is 2.15. The van der Waals surface area contributed by atoms with E-state index in [1.807, 2.05) is 43.3 Å². The monoisotopic (exact) mass is 185 g/mol. The SMILES string of the molecule is C/C=C/[C@@H](C)[C@@H](C#N)c1ccccc1. The van der Waals surface area contributed by atoms with Gasteiger partial charge in [-0.3, -0.25) is 0 Å². The van der Waals surface area contributed by atoms with Gasteiger partial charge < -0.3 is 0 Å². The van der Waals surface area contributed by atoms with Crippen molar-refractivity contribution in [3.8, 4) is 6.07 Å². The third-order valence-electron chi connectivity index (χ3n) is 2.32. The molecule has 0 saturated carbocycles. The van der Waals surface area contributed by atoms with Crippen LogP contribution in [0, 0.1) is 17.2 Å². The molecule has 0 aliphatic carbocycles. The molecule has 72 valence electrons. The highest BCUT2D eigenvalue weighted by molar-refractivity contribution is 5.26. The molecule has 2 atom stereocenters. The van der Waals surface area contributed by atoms with E-state index >= 15 is 0 Å². The first-order chi connectivity index (χ1) is 6.79. The summed E-state index contributed by atoms with van der Waals surface area (Å²) in [7, 11) is 0. The molecule has 0 fully saturated rings.